The summed E-state index contributed by atoms with van der Waals surface area (Å²) in [6, 6.07) is 0. The van der Waals surface area contributed by atoms with E-state index in [0.29, 0.717) is 11.7 Å². The number of amides is 2. The van der Waals surface area contributed by atoms with Gasteiger partial charge in [-0.05, 0) is 19.8 Å². The maximum Gasteiger partial charge on any atom is 0.243 e. The van der Waals surface area contributed by atoms with Crippen molar-refractivity contribution in [3.63, 3.8) is 0 Å². The van der Waals surface area contributed by atoms with Gasteiger partial charge in [0.25, 0.3) is 0 Å². The summed E-state index contributed by atoms with van der Waals surface area (Å²) < 4.78 is 0. The second-order valence-corrected chi connectivity index (χ2v) is 6.40. The van der Waals surface area contributed by atoms with E-state index in [-0.39, 0.29) is 11.8 Å². The van der Waals surface area contributed by atoms with Gasteiger partial charge in [0.15, 0.2) is 5.13 Å². The highest BCUT2D eigenvalue weighted by Gasteiger charge is 2.16. The minimum Gasteiger partial charge on any atom is -0.353 e. The molecule has 120 valence electrons. The quantitative estimate of drug-likeness (QED) is 0.810. The molecule has 0 radical (unpaired) electrons. The van der Waals surface area contributed by atoms with Crippen molar-refractivity contribution in [3.05, 3.63) is 22.7 Å². The molecule has 6 nitrogen and oxygen atoms in total. The Balaban J connectivity index is 1.81. The number of nitrogens with zero attached hydrogens (tertiary/aromatic N) is 2. The van der Waals surface area contributed by atoms with Gasteiger partial charge in [0.2, 0.25) is 11.8 Å². The van der Waals surface area contributed by atoms with Crippen LogP contribution in [0.4, 0.5) is 5.13 Å². The number of hydrogen-bond acceptors (Lipinski definition) is 5. The van der Waals surface area contributed by atoms with E-state index in [1.54, 1.807) is 6.08 Å². The van der Waals surface area contributed by atoms with Gasteiger partial charge < -0.3 is 10.6 Å². The topological polar surface area (TPSA) is 74.3 Å². The number of likely N-dealkylation sites (N-methyl/N-ethyl adjacent to an activating group) is 1. The van der Waals surface area contributed by atoms with Gasteiger partial charge in [-0.1, -0.05) is 5.57 Å². The lowest BCUT2D eigenvalue weighted by atomic mass is 10.0. The van der Waals surface area contributed by atoms with E-state index in [1.807, 2.05) is 13.1 Å². The minimum absolute atomic E-state index is 0.00774. The molecule has 0 saturated carbocycles. The minimum atomic E-state index is -0.0981. The van der Waals surface area contributed by atoms with Gasteiger partial charge in [0, 0.05) is 50.3 Å². The molecule has 2 amide bonds. The molecular formula is C15H22N4O2S. The molecule has 22 heavy (non-hydrogen) atoms. The SMILES string of the molecule is CCNC(=O)C=C1CCN(Cc2cnc(NC(C)=O)s2)CC1. The molecule has 0 unspecified atom stereocenters. The Morgan fingerprint density at radius 2 is 2.14 bits per heavy atom. The van der Waals surface area contributed by atoms with Crippen molar-refractivity contribution in [3.8, 4) is 0 Å². The van der Waals surface area contributed by atoms with Crippen LogP contribution in [0.2, 0.25) is 0 Å². The molecule has 0 atom stereocenters. The highest BCUT2D eigenvalue weighted by molar-refractivity contribution is 7.15. The molecule has 2 heterocycles. The molecule has 1 aromatic heterocycles. The first kappa shape index (κ1) is 16.6. The highest BCUT2D eigenvalue weighted by Crippen LogP contribution is 2.23. The fourth-order valence-electron chi connectivity index (χ4n) is 2.36. The summed E-state index contributed by atoms with van der Waals surface area (Å²) in [6.45, 7) is 6.79. The van der Waals surface area contributed by atoms with Crippen LogP contribution in [0.1, 0.15) is 31.6 Å². The Bertz CT molecular complexity index is 558. The second-order valence-electron chi connectivity index (χ2n) is 5.29. The van der Waals surface area contributed by atoms with Crippen LogP contribution < -0.4 is 10.6 Å². The summed E-state index contributed by atoms with van der Waals surface area (Å²) >= 11 is 1.51. The van der Waals surface area contributed by atoms with Crippen molar-refractivity contribution in [2.24, 2.45) is 0 Å². The summed E-state index contributed by atoms with van der Waals surface area (Å²) in [7, 11) is 0. The molecule has 0 bridgehead atoms. The third-order valence-corrected chi connectivity index (χ3v) is 4.30. The molecule has 1 saturated heterocycles. The Morgan fingerprint density at radius 3 is 2.77 bits per heavy atom. The Kier molecular flexibility index (Phi) is 6.09. The fourth-order valence-corrected chi connectivity index (χ4v) is 3.26. The third-order valence-electron chi connectivity index (χ3n) is 3.40. The summed E-state index contributed by atoms with van der Waals surface area (Å²) in [4.78, 5) is 30.2. The van der Waals surface area contributed by atoms with E-state index in [9.17, 15) is 9.59 Å². The first-order valence-electron chi connectivity index (χ1n) is 7.48. The van der Waals surface area contributed by atoms with Crippen LogP contribution in [0, 0.1) is 0 Å². The number of thiazole rings is 1. The van der Waals surface area contributed by atoms with Gasteiger partial charge in [0.05, 0.1) is 0 Å². The standard InChI is InChI=1S/C15H22N4O2S/c1-3-16-14(21)8-12-4-6-19(7-5-12)10-13-9-17-15(22-13)18-11(2)20/h8-9H,3-7,10H2,1-2H3,(H,16,21)(H,17,18,20). The normalized spacial score (nSPS) is 15.5. The zero-order chi connectivity index (χ0) is 15.9. The molecule has 1 fully saturated rings. The molecule has 2 N–H and O–H groups in total. The molecule has 1 aliphatic heterocycles. The zero-order valence-corrected chi connectivity index (χ0v) is 13.8. The van der Waals surface area contributed by atoms with Crippen LogP contribution >= 0.6 is 11.3 Å². The number of hydrogen-bond donors (Lipinski definition) is 2. The van der Waals surface area contributed by atoms with Gasteiger partial charge in [-0.3, -0.25) is 14.5 Å². The predicted molar refractivity (Wildman–Crippen MR) is 87.7 cm³/mol. The average molecular weight is 322 g/mol. The second kappa shape index (κ2) is 8.05. The van der Waals surface area contributed by atoms with Crippen molar-refractivity contribution in [1.82, 2.24) is 15.2 Å². The smallest absolute Gasteiger partial charge is 0.243 e. The van der Waals surface area contributed by atoms with E-state index < -0.39 is 0 Å². The van der Waals surface area contributed by atoms with E-state index >= 15 is 0 Å². The van der Waals surface area contributed by atoms with Crippen LogP contribution in [-0.2, 0) is 16.1 Å². The van der Waals surface area contributed by atoms with Crippen LogP contribution in [0.25, 0.3) is 0 Å². The molecule has 0 aliphatic carbocycles. The van der Waals surface area contributed by atoms with Crippen molar-refractivity contribution < 1.29 is 9.59 Å². The Labute approximate surface area is 134 Å². The molecule has 2 rings (SSSR count). The average Bonchev–Trinajstić information content (AvgIpc) is 2.87. The summed E-state index contributed by atoms with van der Waals surface area (Å²) in [6.07, 6.45) is 5.40. The van der Waals surface area contributed by atoms with Crippen LogP contribution in [0.5, 0.6) is 0 Å². The largest absolute Gasteiger partial charge is 0.353 e. The van der Waals surface area contributed by atoms with E-state index in [4.69, 9.17) is 0 Å². The van der Waals surface area contributed by atoms with Crippen LogP contribution in [0.3, 0.4) is 0 Å². The number of aromatic nitrogens is 1. The van der Waals surface area contributed by atoms with E-state index in [1.165, 1.54) is 23.8 Å². The van der Waals surface area contributed by atoms with Gasteiger partial charge in [0.1, 0.15) is 0 Å². The maximum atomic E-state index is 11.5. The van der Waals surface area contributed by atoms with Crippen LogP contribution in [-0.4, -0.2) is 41.3 Å². The number of nitrogens with one attached hydrogen (secondary N) is 2. The predicted octanol–water partition coefficient (Wildman–Crippen LogP) is 1.76. The first-order chi connectivity index (χ1) is 10.6. The van der Waals surface area contributed by atoms with Crippen molar-refractivity contribution >= 4 is 28.3 Å². The molecule has 0 aromatic carbocycles. The Morgan fingerprint density at radius 1 is 1.41 bits per heavy atom. The third kappa shape index (κ3) is 5.23. The fraction of sp³-hybridized carbons (Fsp3) is 0.533. The molecule has 1 aliphatic rings. The zero-order valence-electron chi connectivity index (χ0n) is 13.0. The number of rotatable bonds is 5. The van der Waals surface area contributed by atoms with E-state index in [0.717, 1.165) is 37.4 Å². The molecule has 1 aromatic rings. The number of carbonyl (C=O) groups is 2. The van der Waals surface area contributed by atoms with Gasteiger partial charge in [-0.15, -0.1) is 11.3 Å². The molecule has 0 spiro atoms. The van der Waals surface area contributed by atoms with Gasteiger partial charge in [-0.2, -0.15) is 0 Å². The number of carbonyl (C=O) groups excluding carboxylic acids is 2. The summed E-state index contributed by atoms with van der Waals surface area (Å²) in [5.41, 5.74) is 1.21. The lowest BCUT2D eigenvalue weighted by molar-refractivity contribution is -0.116. The van der Waals surface area contributed by atoms with Crippen LogP contribution in [0.15, 0.2) is 17.8 Å². The molecular weight excluding hydrogens is 300 g/mol. The number of anilines is 1. The lowest BCUT2D eigenvalue weighted by Gasteiger charge is -2.27. The van der Waals surface area contributed by atoms with Crippen molar-refractivity contribution in [2.75, 3.05) is 25.0 Å². The van der Waals surface area contributed by atoms with E-state index in [2.05, 4.69) is 20.5 Å². The lowest BCUT2D eigenvalue weighted by Crippen LogP contribution is -2.30. The summed E-state index contributed by atoms with van der Waals surface area (Å²) in [5, 5.41) is 6.14. The first-order valence-corrected chi connectivity index (χ1v) is 8.30. The monoisotopic (exact) mass is 322 g/mol. The number of piperidine rings is 1. The molecule has 7 heteroatoms. The maximum absolute atomic E-state index is 11.5. The number of likely N-dealkylation sites (tertiary alicyclic amines) is 1. The Hall–Kier alpha value is -1.73. The van der Waals surface area contributed by atoms with Crippen molar-refractivity contribution in [2.45, 2.75) is 33.2 Å². The summed E-state index contributed by atoms with van der Waals surface area (Å²) in [5.74, 6) is -0.0904. The van der Waals surface area contributed by atoms with Gasteiger partial charge >= 0.3 is 0 Å². The highest BCUT2D eigenvalue weighted by atomic mass is 32.1. The van der Waals surface area contributed by atoms with Gasteiger partial charge in [-0.25, -0.2) is 4.98 Å². The van der Waals surface area contributed by atoms with Crippen molar-refractivity contribution in [1.29, 1.82) is 0 Å².